The van der Waals surface area contributed by atoms with Gasteiger partial charge < -0.3 is 19.4 Å². The minimum absolute atomic E-state index is 0.0628. The standard InChI is InChI=1S/C27H26N4O3/c1-2-31-23-6-4-3-5-21(23)22-17-19(7-10-24(22)31)8-12-26(33)29-13-15-30(16-14-29)27(34)20-9-11-25(32)28-18-20/h3-12,17-18H,2,13-16H2,1H3,(H,28,32). The van der Waals surface area contributed by atoms with Crippen molar-refractivity contribution >= 4 is 39.7 Å². The zero-order valence-electron chi connectivity index (χ0n) is 19.0. The van der Waals surface area contributed by atoms with Crippen LogP contribution in [0.25, 0.3) is 27.9 Å². The lowest BCUT2D eigenvalue weighted by atomic mass is 10.1. The van der Waals surface area contributed by atoms with Crippen LogP contribution in [0, 0.1) is 0 Å². The van der Waals surface area contributed by atoms with Gasteiger partial charge in [-0.05, 0) is 42.8 Å². The summed E-state index contributed by atoms with van der Waals surface area (Å²) in [6, 6.07) is 17.5. The maximum Gasteiger partial charge on any atom is 0.255 e. The Labute approximate surface area is 196 Å². The topological polar surface area (TPSA) is 78.4 Å². The van der Waals surface area contributed by atoms with E-state index in [4.69, 9.17) is 0 Å². The molecule has 0 radical (unpaired) electrons. The van der Waals surface area contributed by atoms with Crippen LogP contribution in [-0.4, -0.2) is 57.3 Å². The van der Waals surface area contributed by atoms with E-state index in [1.54, 1.807) is 15.9 Å². The summed E-state index contributed by atoms with van der Waals surface area (Å²) in [7, 11) is 0. The molecule has 5 rings (SSSR count). The van der Waals surface area contributed by atoms with Crippen LogP contribution in [-0.2, 0) is 11.3 Å². The van der Waals surface area contributed by atoms with Crippen molar-refractivity contribution in [2.45, 2.75) is 13.5 Å². The van der Waals surface area contributed by atoms with Gasteiger partial charge in [-0.2, -0.15) is 0 Å². The molecule has 4 aromatic rings. The fourth-order valence-corrected chi connectivity index (χ4v) is 4.64. The smallest absolute Gasteiger partial charge is 0.255 e. The number of carbonyl (C=O) groups is 2. The second-order valence-electron chi connectivity index (χ2n) is 8.43. The minimum atomic E-state index is -0.242. The molecule has 34 heavy (non-hydrogen) atoms. The summed E-state index contributed by atoms with van der Waals surface area (Å²) >= 11 is 0. The zero-order valence-corrected chi connectivity index (χ0v) is 19.0. The molecule has 0 spiro atoms. The van der Waals surface area contributed by atoms with E-state index in [0.29, 0.717) is 31.7 Å². The molecule has 2 amide bonds. The molecule has 1 saturated heterocycles. The number of nitrogens with one attached hydrogen (secondary N) is 1. The van der Waals surface area contributed by atoms with Gasteiger partial charge in [0.05, 0.1) is 5.56 Å². The Balaban J connectivity index is 1.27. The Kier molecular flexibility index (Phi) is 5.76. The van der Waals surface area contributed by atoms with Crippen LogP contribution in [0.3, 0.4) is 0 Å². The number of amides is 2. The molecule has 0 saturated carbocycles. The van der Waals surface area contributed by atoms with Crippen molar-refractivity contribution in [2.75, 3.05) is 26.2 Å². The summed E-state index contributed by atoms with van der Waals surface area (Å²) in [5.74, 6) is -0.203. The normalized spacial score (nSPS) is 14.4. The van der Waals surface area contributed by atoms with Gasteiger partial charge in [0, 0.05) is 72.9 Å². The zero-order chi connectivity index (χ0) is 23.7. The summed E-state index contributed by atoms with van der Waals surface area (Å²) in [6.07, 6.45) is 4.90. The number of hydrogen-bond acceptors (Lipinski definition) is 3. The van der Waals surface area contributed by atoms with E-state index in [1.807, 2.05) is 12.1 Å². The number of aryl methyl sites for hydroxylation is 1. The first-order chi connectivity index (χ1) is 16.5. The molecule has 3 heterocycles. The van der Waals surface area contributed by atoms with Crippen molar-refractivity contribution in [3.8, 4) is 0 Å². The fourth-order valence-electron chi connectivity index (χ4n) is 4.64. The maximum absolute atomic E-state index is 12.8. The second kappa shape index (κ2) is 9.02. The summed E-state index contributed by atoms with van der Waals surface area (Å²) in [5.41, 5.74) is 3.58. The average Bonchev–Trinajstić information content (AvgIpc) is 3.20. The third kappa shape index (κ3) is 4.01. The van der Waals surface area contributed by atoms with Gasteiger partial charge in [0.1, 0.15) is 0 Å². The van der Waals surface area contributed by atoms with Crippen LogP contribution in [0.15, 0.2) is 71.7 Å². The third-order valence-corrected chi connectivity index (χ3v) is 6.44. The Bertz CT molecular complexity index is 1450. The average molecular weight is 455 g/mol. The number of H-pyrrole nitrogens is 1. The molecule has 2 aromatic carbocycles. The van der Waals surface area contributed by atoms with Gasteiger partial charge in [-0.15, -0.1) is 0 Å². The van der Waals surface area contributed by atoms with Crippen molar-refractivity contribution < 1.29 is 9.59 Å². The van der Waals surface area contributed by atoms with E-state index in [1.165, 1.54) is 40.1 Å². The summed E-state index contributed by atoms with van der Waals surface area (Å²) in [6.45, 7) is 4.91. The quantitative estimate of drug-likeness (QED) is 0.480. The Hall–Kier alpha value is -4.13. The molecule has 2 aromatic heterocycles. The molecule has 1 aliphatic rings. The lowest BCUT2D eigenvalue weighted by molar-refractivity contribution is -0.127. The van der Waals surface area contributed by atoms with Crippen LogP contribution >= 0.6 is 0 Å². The van der Waals surface area contributed by atoms with Gasteiger partial charge in [0.25, 0.3) is 5.91 Å². The van der Waals surface area contributed by atoms with Gasteiger partial charge in [-0.25, -0.2) is 0 Å². The molecule has 1 fully saturated rings. The molecule has 0 atom stereocenters. The maximum atomic E-state index is 12.8. The first-order valence-electron chi connectivity index (χ1n) is 11.5. The monoisotopic (exact) mass is 454 g/mol. The van der Waals surface area contributed by atoms with Crippen LogP contribution in [0.5, 0.6) is 0 Å². The molecule has 1 N–H and O–H groups in total. The summed E-state index contributed by atoms with van der Waals surface area (Å²) < 4.78 is 2.30. The fraction of sp³-hybridized carbons (Fsp3) is 0.222. The highest BCUT2D eigenvalue weighted by molar-refractivity contribution is 6.08. The van der Waals surface area contributed by atoms with E-state index >= 15 is 0 Å². The molecular formula is C27H26N4O3. The number of rotatable bonds is 4. The summed E-state index contributed by atoms with van der Waals surface area (Å²) in [5, 5.41) is 2.39. The number of hydrogen-bond donors (Lipinski definition) is 1. The van der Waals surface area contributed by atoms with Gasteiger partial charge >= 0.3 is 0 Å². The second-order valence-corrected chi connectivity index (χ2v) is 8.43. The van der Waals surface area contributed by atoms with Crippen molar-refractivity contribution in [1.82, 2.24) is 19.4 Å². The van der Waals surface area contributed by atoms with Crippen molar-refractivity contribution in [2.24, 2.45) is 0 Å². The van der Waals surface area contributed by atoms with Gasteiger partial charge in [-0.3, -0.25) is 14.4 Å². The number of benzene rings is 2. The Morgan fingerprint density at radius 2 is 1.65 bits per heavy atom. The predicted molar refractivity (Wildman–Crippen MR) is 134 cm³/mol. The number of pyridine rings is 1. The molecule has 7 nitrogen and oxygen atoms in total. The lowest BCUT2D eigenvalue weighted by Gasteiger charge is -2.34. The number of nitrogens with zero attached hydrogens (tertiary/aromatic N) is 3. The Morgan fingerprint density at radius 3 is 2.38 bits per heavy atom. The number of carbonyl (C=O) groups excluding carboxylic acids is 2. The highest BCUT2D eigenvalue weighted by Crippen LogP contribution is 2.30. The number of aromatic amines is 1. The third-order valence-electron chi connectivity index (χ3n) is 6.44. The van der Waals surface area contributed by atoms with Crippen LogP contribution < -0.4 is 5.56 Å². The van der Waals surface area contributed by atoms with Crippen molar-refractivity contribution in [3.63, 3.8) is 0 Å². The molecule has 1 aliphatic heterocycles. The Morgan fingerprint density at radius 1 is 0.912 bits per heavy atom. The molecule has 0 bridgehead atoms. The van der Waals surface area contributed by atoms with E-state index in [0.717, 1.165) is 12.1 Å². The number of piperazine rings is 1. The van der Waals surface area contributed by atoms with Crippen LogP contribution in [0.1, 0.15) is 22.8 Å². The first-order valence-corrected chi connectivity index (χ1v) is 11.5. The van der Waals surface area contributed by atoms with Crippen molar-refractivity contribution in [1.29, 1.82) is 0 Å². The van der Waals surface area contributed by atoms with E-state index in [2.05, 4.69) is 52.9 Å². The molecule has 7 heteroatoms. The highest BCUT2D eigenvalue weighted by atomic mass is 16.2. The van der Waals surface area contributed by atoms with Gasteiger partial charge in [0.15, 0.2) is 0 Å². The molecule has 172 valence electrons. The predicted octanol–water partition coefficient (Wildman–Crippen LogP) is 3.50. The van der Waals surface area contributed by atoms with Crippen LogP contribution in [0.4, 0.5) is 0 Å². The SMILES string of the molecule is CCn1c2ccccc2c2cc(C=CC(=O)N3CCN(C(=O)c4ccc(=O)[nH]c4)CC3)ccc21. The molecule has 0 unspecified atom stereocenters. The van der Waals surface area contributed by atoms with E-state index in [9.17, 15) is 14.4 Å². The van der Waals surface area contributed by atoms with E-state index in [-0.39, 0.29) is 17.4 Å². The minimum Gasteiger partial charge on any atom is -0.341 e. The number of para-hydroxylation sites is 1. The van der Waals surface area contributed by atoms with Crippen molar-refractivity contribution in [3.05, 3.63) is 88.4 Å². The largest absolute Gasteiger partial charge is 0.341 e. The highest BCUT2D eigenvalue weighted by Gasteiger charge is 2.24. The molecule has 0 aliphatic carbocycles. The number of aromatic nitrogens is 2. The van der Waals surface area contributed by atoms with Gasteiger partial charge in [0.2, 0.25) is 11.5 Å². The first kappa shape index (κ1) is 21.7. The van der Waals surface area contributed by atoms with E-state index < -0.39 is 0 Å². The van der Waals surface area contributed by atoms with Crippen LogP contribution in [0.2, 0.25) is 0 Å². The summed E-state index contributed by atoms with van der Waals surface area (Å²) in [4.78, 5) is 42.6. The van der Waals surface area contributed by atoms with Gasteiger partial charge in [-0.1, -0.05) is 24.3 Å². The molecular weight excluding hydrogens is 428 g/mol. The number of fused-ring (bicyclic) bond motifs is 3. The lowest BCUT2D eigenvalue weighted by Crippen LogP contribution is -2.50.